The Bertz CT molecular complexity index is 283. The van der Waals surface area contributed by atoms with Crippen LogP contribution in [0.4, 0.5) is 0 Å². The molecule has 0 aromatic carbocycles. The Labute approximate surface area is 95.3 Å². The average Bonchev–Trinajstić information content (AvgIpc) is 2.28. The van der Waals surface area contributed by atoms with Crippen molar-refractivity contribution in [2.45, 2.75) is 18.9 Å². The molecule has 1 aliphatic heterocycles. The summed E-state index contributed by atoms with van der Waals surface area (Å²) in [6.45, 7) is 4.56. The number of aliphatic hydroxyl groups excluding tert-OH is 1. The van der Waals surface area contributed by atoms with Crippen LogP contribution in [0.1, 0.15) is 12.8 Å². The highest BCUT2D eigenvalue weighted by atomic mass is 16.3. The highest BCUT2D eigenvalue weighted by molar-refractivity contribution is 5.90. The number of amides is 2. The number of aliphatic hydroxyl groups is 1. The van der Waals surface area contributed by atoms with Crippen LogP contribution in [0.2, 0.25) is 0 Å². The molecule has 0 saturated carbocycles. The van der Waals surface area contributed by atoms with Crippen LogP contribution in [0.5, 0.6) is 0 Å². The van der Waals surface area contributed by atoms with Crippen molar-refractivity contribution in [3.05, 3.63) is 12.7 Å². The Morgan fingerprint density at radius 3 is 2.56 bits per heavy atom. The first-order valence-electron chi connectivity index (χ1n) is 5.38. The van der Waals surface area contributed by atoms with Gasteiger partial charge >= 0.3 is 0 Å². The van der Waals surface area contributed by atoms with E-state index < -0.39 is 0 Å². The Morgan fingerprint density at radius 1 is 1.50 bits per heavy atom. The fourth-order valence-electron chi connectivity index (χ4n) is 1.65. The molecule has 0 atom stereocenters. The summed E-state index contributed by atoms with van der Waals surface area (Å²) in [5.41, 5.74) is 0. The molecule has 90 valence electrons. The highest BCUT2D eigenvalue weighted by Gasteiger charge is 2.22. The SMILES string of the molecule is C=CC(=O)N(C)CC(=O)N1CCC(O)CC1. The van der Waals surface area contributed by atoms with Gasteiger partial charge in [-0.25, -0.2) is 0 Å². The fourth-order valence-corrected chi connectivity index (χ4v) is 1.65. The molecule has 5 heteroatoms. The highest BCUT2D eigenvalue weighted by Crippen LogP contribution is 2.10. The normalized spacial score (nSPS) is 17.0. The second kappa shape index (κ2) is 5.65. The van der Waals surface area contributed by atoms with E-state index in [2.05, 4.69) is 6.58 Å². The van der Waals surface area contributed by atoms with Gasteiger partial charge in [-0.2, -0.15) is 0 Å². The summed E-state index contributed by atoms with van der Waals surface area (Å²) >= 11 is 0. The molecule has 1 saturated heterocycles. The summed E-state index contributed by atoms with van der Waals surface area (Å²) in [6.07, 6.45) is 2.12. The topological polar surface area (TPSA) is 60.9 Å². The van der Waals surface area contributed by atoms with Crippen LogP contribution in [0, 0.1) is 0 Å². The molecule has 0 radical (unpaired) electrons. The van der Waals surface area contributed by atoms with Crippen molar-refractivity contribution in [3.8, 4) is 0 Å². The van der Waals surface area contributed by atoms with E-state index in [4.69, 9.17) is 0 Å². The zero-order valence-corrected chi connectivity index (χ0v) is 9.56. The molecule has 2 amide bonds. The summed E-state index contributed by atoms with van der Waals surface area (Å²) in [4.78, 5) is 25.9. The summed E-state index contributed by atoms with van der Waals surface area (Å²) in [7, 11) is 1.57. The molecule has 0 bridgehead atoms. The molecular weight excluding hydrogens is 208 g/mol. The number of likely N-dealkylation sites (N-methyl/N-ethyl adjacent to an activating group) is 1. The molecule has 0 aliphatic carbocycles. The Kier molecular flexibility index (Phi) is 4.49. The second-order valence-corrected chi connectivity index (χ2v) is 4.01. The zero-order chi connectivity index (χ0) is 12.1. The van der Waals surface area contributed by atoms with Crippen molar-refractivity contribution in [2.75, 3.05) is 26.7 Å². The molecule has 0 aromatic rings. The number of carbonyl (C=O) groups is 2. The molecule has 1 rings (SSSR count). The summed E-state index contributed by atoms with van der Waals surface area (Å²) in [5.74, 6) is -0.338. The van der Waals surface area contributed by atoms with Gasteiger partial charge in [0.1, 0.15) is 0 Å². The van der Waals surface area contributed by atoms with E-state index in [0.29, 0.717) is 25.9 Å². The molecule has 1 heterocycles. The molecule has 0 aromatic heterocycles. The average molecular weight is 226 g/mol. The maximum atomic E-state index is 11.8. The van der Waals surface area contributed by atoms with Gasteiger partial charge in [0.25, 0.3) is 0 Å². The van der Waals surface area contributed by atoms with Gasteiger partial charge in [0.05, 0.1) is 12.6 Å². The number of hydrogen-bond acceptors (Lipinski definition) is 3. The van der Waals surface area contributed by atoms with Crippen molar-refractivity contribution in [2.24, 2.45) is 0 Å². The predicted molar refractivity (Wildman–Crippen MR) is 59.7 cm³/mol. The smallest absolute Gasteiger partial charge is 0.246 e. The molecule has 1 aliphatic rings. The van der Waals surface area contributed by atoms with Crippen LogP contribution in [0.25, 0.3) is 0 Å². The predicted octanol–water partition coefficient (Wildman–Crippen LogP) is -0.386. The number of piperidine rings is 1. The Hall–Kier alpha value is -1.36. The van der Waals surface area contributed by atoms with Gasteiger partial charge in [-0.3, -0.25) is 9.59 Å². The van der Waals surface area contributed by atoms with E-state index >= 15 is 0 Å². The standard InChI is InChI=1S/C11H18N2O3/c1-3-10(15)12(2)8-11(16)13-6-4-9(14)5-7-13/h3,9,14H,1,4-8H2,2H3. The van der Waals surface area contributed by atoms with Gasteiger partial charge in [0, 0.05) is 20.1 Å². The van der Waals surface area contributed by atoms with E-state index in [-0.39, 0.29) is 24.5 Å². The van der Waals surface area contributed by atoms with Crippen molar-refractivity contribution < 1.29 is 14.7 Å². The second-order valence-electron chi connectivity index (χ2n) is 4.01. The van der Waals surface area contributed by atoms with Crippen LogP contribution in [0.3, 0.4) is 0 Å². The van der Waals surface area contributed by atoms with Gasteiger partial charge in [0.15, 0.2) is 0 Å². The van der Waals surface area contributed by atoms with Crippen LogP contribution in [0.15, 0.2) is 12.7 Å². The molecule has 0 spiro atoms. The third kappa shape index (κ3) is 3.34. The number of nitrogens with zero attached hydrogens (tertiary/aromatic N) is 2. The van der Waals surface area contributed by atoms with E-state index in [1.165, 1.54) is 11.0 Å². The monoisotopic (exact) mass is 226 g/mol. The Morgan fingerprint density at radius 2 is 2.06 bits per heavy atom. The fraction of sp³-hybridized carbons (Fsp3) is 0.636. The molecule has 5 nitrogen and oxygen atoms in total. The van der Waals surface area contributed by atoms with E-state index in [0.717, 1.165) is 0 Å². The number of carbonyl (C=O) groups excluding carboxylic acids is 2. The molecule has 16 heavy (non-hydrogen) atoms. The van der Waals surface area contributed by atoms with Crippen LogP contribution < -0.4 is 0 Å². The number of likely N-dealkylation sites (tertiary alicyclic amines) is 1. The van der Waals surface area contributed by atoms with Crippen molar-refractivity contribution >= 4 is 11.8 Å². The van der Waals surface area contributed by atoms with Gasteiger partial charge in [0.2, 0.25) is 11.8 Å². The summed E-state index contributed by atoms with van der Waals surface area (Å²) < 4.78 is 0. The third-order valence-corrected chi connectivity index (χ3v) is 2.74. The van der Waals surface area contributed by atoms with Crippen LogP contribution >= 0.6 is 0 Å². The molecular formula is C11H18N2O3. The first-order valence-corrected chi connectivity index (χ1v) is 5.38. The lowest BCUT2D eigenvalue weighted by Crippen LogP contribution is -2.45. The number of rotatable bonds is 3. The first kappa shape index (κ1) is 12.7. The van der Waals surface area contributed by atoms with E-state index in [1.54, 1.807) is 11.9 Å². The first-order chi connectivity index (χ1) is 7.54. The molecule has 0 unspecified atom stereocenters. The van der Waals surface area contributed by atoms with E-state index in [9.17, 15) is 14.7 Å². The lowest BCUT2D eigenvalue weighted by Gasteiger charge is -2.30. The quantitative estimate of drug-likeness (QED) is 0.667. The maximum absolute atomic E-state index is 11.8. The summed E-state index contributed by atoms with van der Waals surface area (Å²) in [6, 6.07) is 0. The number of hydrogen-bond donors (Lipinski definition) is 1. The van der Waals surface area contributed by atoms with E-state index in [1.807, 2.05) is 0 Å². The molecule has 1 N–H and O–H groups in total. The third-order valence-electron chi connectivity index (χ3n) is 2.74. The van der Waals surface area contributed by atoms with Gasteiger partial charge < -0.3 is 14.9 Å². The van der Waals surface area contributed by atoms with Gasteiger partial charge in [-0.05, 0) is 18.9 Å². The molecule has 1 fully saturated rings. The van der Waals surface area contributed by atoms with Gasteiger partial charge in [-0.1, -0.05) is 6.58 Å². The largest absolute Gasteiger partial charge is 0.393 e. The van der Waals surface area contributed by atoms with Crippen molar-refractivity contribution in [3.63, 3.8) is 0 Å². The zero-order valence-electron chi connectivity index (χ0n) is 9.56. The van der Waals surface area contributed by atoms with Crippen LogP contribution in [-0.4, -0.2) is 59.5 Å². The van der Waals surface area contributed by atoms with Crippen molar-refractivity contribution in [1.82, 2.24) is 9.80 Å². The van der Waals surface area contributed by atoms with Crippen LogP contribution in [-0.2, 0) is 9.59 Å². The maximum Gasteiger partial charge on any atom is 0.246 e. The minimum atomic E-state index is -0.295. The van der Waals surface area contributed by atoms with Crippen molar-refractivity contribution in [1.29, 1.82) is 0 Å². The Balaban J connectivity index is 2.40. The minimum Gasteiger partial charge on any atom is -0.393 e. The minimum absolute atomic E-state index is 0.0704. The summed E-state index contributed by atoms with van der Waals surface area (Å²) in [5, 5.41) is 9.30. The lowest BCUT2D eigenvalue weighted by atomic mass is 10.1. The lowest BCUT2D eigenvalue weighted by molar-refractivity contribution is -0.138. The van der Waals surface area contributed by atoms with Gasteiger partial charge in [-0.15, -0.1) is 0 Å².